The molecule has 0 bridgehead atoms. The number of hydrogen-bond acceptors (Lipinski definition) is 3. The molecule has 0 radical (unpaired) electrons. The Kier molecular flexibility index (Phi) is 2.28. The van der Waals surface area contributed by atoms with Crippen LogP contribution in [0.15, 0.2) is 0 Å². The largest absolute Gasteiger partial charge is 0.354 e. The van der Waals surface area contributed by atoms with Gasteiger partial charge < -0.3 is 10.6 Å². The molecule has 0 aromatic heterocycles. The van der Waals surface area contributed by atoms with E-state index in [0.717, 1.165) is 26.2 Å². The van der Waals surface area contributed by atoms with Crippen LogP contribution in [-0.4, -0.2) is 49.6 Å². The average Bonchev–Trinajstić information content (AvgIpc) is 2.56. The Hall–Kier alpha value is -0.610. The maximum Gasteiger partial charge on any atom is 0.234 e. The van der Waals surface area contributed by atoms with Gasteiger partial charge in [0, 0.05) is 25.7 Å². The summed E-state index contributed by atoms with van der Waals surface area (Å²) in [4.78, 5) is 13.3. The Bertz CT molecular complexity index is 177. The van der Waals surface area contributed by atoms with Crippen LogP contribution in [-0.2, 0) is 4.79 Å². The molecule has 1 amide bonds. The Morgan fingerprint density at radius 2 is 2.33 bits per heavy atom. The number of hydrogen-bond donors (Lipinski definition) is 2. The summed E-state index contributed by atoms with van der Waals surface area (Å²) in [6.07, 6.45) is 1.19. The van der Waals surface area contributed by atoms with Crippen molar-refractivity contribution in [1.82, 2.24) is 15.5 Å². The molecule has 2 fully saturated rings. The van der Waals surface area contributed by atoms with Gasteiger partial charge in [-0.15, -0.1) is 0 Å². The van der Waals surface area contributed by atoms with E-state index in [4.69, 9.17) is 0 Å². The highest BCUT2D eigenvalue weighted by Crippen LogP contribution is 2.08. The number of amides is 1. The number of nitrogens with one attached hydrogen (secondary N) is 2. The second-order valence-corrected chi connectivity index (χ2v) is 3.47. The molecule has 0 aromatic rings. The van der Waals surface area contributed by atoms with Gasteiger partial charge in [-0.25, -0.2) is 0 Å². The second kappa shape index (κ2) is 3.41. The lowest BCUT2D eigenvalue weighted by molar-refractivity contribution is -0.124. The summed E-state index contributed by atoms with van der Waals surface area (Å²) in [7, 11) is 0. The van der Waals surface area contributed by atoms with Crippen LogP contribution in [0.4, 0.5) is 0 Å². The molecule has 1 atom stereocenters. The quantitative estimate of drug-likeness (QED) is 0.517. The molecule has 2 aliphatic heterocycles. The second-order valence-electron chi connectivity index (χ2n) is 3.47. The Balaban J connectivity index is 1.89. The van der Waals surface area contributed by atoms with E-state index >= 15 is 0 Å². The summed E-state index contributed by atoms with van der Waals surface area (Å²) in [5.74, 6) is 0.174. The summed E-state index contributed by atoms with van der Waals surface area (Å²) < 4.78 is 0. The zero-order valence-corrected chi connectivity index (χ0v) is 7.18. The molecule has 4 heteroatoms. The average molecular weight is 169 g/mol. The minimum absolute atomic E-state index is 0.174. The van der Waals surface area contributed by atoms with Crippen LogP contribution in [0.25, 0.3) is 0 Å². The van der Waals surface area contributed by atoms with Gasteiger partial charge in [0.25, 0.3) is 0 Å². The first-order chi connectivity index (χ1) is 5.86. The number of piperazine rings is 1. The predicted molar refractivity (Wildman–Crippen MR) is 45.9 cm³/mol. The Labute approximate surface area is 72.3 Å². The van der Waals surface area contributed by atoms with E-state index in [1.165, 1.54) is 6.42 Å². The van der Waals surface area contributed by atoms with Gasteiger partial charge in [-0.05, 0) is 13.0 Å². The van der Waals surface area contributed by atoms with Crippen molar-refractivity contribution in [1.29, 1.82) is 0 Å². The summed E-state index contributed by atoms with van der Waals surface area (Å²) >= 11 is 0. The number of nitrogens with zero attached hydrogens (tertiary/aromatic N) is 1. The maximum atomic E-state index is 11.1. The zero-order chi connectivity index (χ0) is 8.39. The summed E-state index contributed by atoms with van der Waals surface area (Å²) in [5, 5.41) is 6.15. The van der Waals surface area contributed by atoms with Crippen molar-refractivity contribution >= 4 is 5.91 Å². The molecule has 2 aliphatic rings. The molecule has 0 unspecified atom stereocenters. The van der Waals surface area contributed by atoms with E-state index in [0.29, 0.717) is 12.6 Å². The molecular formula is C8H15N3O. The van der Waals surface area contributed by atoms with Gasteiger partial charge in [0.05, 0.1) is 6.54 Å². The van der Waals surface area contributed by atoms with Crippen molar-refractivity contribution < 1.29 is 4.79 Å². The third kappa shape index (κ3) is 1.59. The molecule has 2 heterocycles. The smallest absolute Gasteiger partial charge is 0.234 e. The van der Waals surface area contributed by atoms with Gasteiger partial charge in [-0.2, -0.15) is 0 Å². The zero-order valence-electron chi connectivity index (χ0n) is 7.18. The summed E-state index contributed by atoms with van der Waals surface area (Å²) in [6, 6.07) is 0.594. The molecule has 2 saturated heterocycles. The fourth-order valence-corrected chi connectivity index (χ4v) is 1.92. The fourth-order valence-electron chi connectivity index (χ4n) is 1.92. The van der Waals surface area contributed by atoms with Crippen LogP contribution >= 0.6 is 0 Å². The molecule has 0 aromatic carbocycles. The first-order valence-corrected chi connectivity index (χ1v) is 4.58. The highest BCUT2D eigenvalue weighted by molar-refractivity contribution is 5.78. The third-order valence-corrected chi connectivity index (χ3v) is 2.62. The molecule has 2 rings (SSSR count). The maximum absolute atomic E-state index is 11.1. The standard InChI is InChI=1S/C8H15N3O/c12-8-6-11(4-3-10-8)7-1-2-9-5-7/h7,9H,1-6H2,(H,10,12)/t7-/m0/s1. The molecule has 0 saturated carbocycles. The SMILES string of the molecule is O=C1CN([C@H]2CCNC2)CCN1. The van der Waals surface area contributed by atoms with Crippen molar-refractivity contribution in [3.05, 3.63) is 0 Å². The van der Waals surface area contributed by atoms with Crippen LogP contribution in [0.1, 0.15) is 6.42 Å². The van der Waals surface area contributed by atoms with E-state index in [1.807, 2.05) is 0 Å². The number of rotatable bonds is 1. The van der Waals surface area contributed by atoms with Crippen molar-refractivity contribution in [2.75, 3.05) is 32.7 Å². The van der Waals surface area contributed by atoms with E-state index in [1.54, 1.807) is 0 Å². The first-order valence-electron chi connectivity index (χ1n) is 4.58. The van der Waals surface area contributed by atoms with Gasteiger partial charge in [0.15, 0.2) is 0 Å². The van der Waals surface area contributed by atoms with E-state index in [2.05, 4.69) is 15.5 Å². The molecule has 2 N–H and O–H groups in total. The van der Waals surface area contributed by atoms with Gasteiger partial charge in [0.1, 0.15) is 0 Å². The molecule has 0 spiro atoms. The molecule has 0 aliphatic carbocycles. The molecule has 4 nitrogen and oxygen atoms in total. The van der Waals surface area contributed by atoms with E-state index in [9.17, 15) is 4.79 Å². The minimum Gasteiger partial charge on any atom is -0.354 e. The predicted octanol–water partition coefficient (Wildman–Crippen LogP) is -1.22. The highest BCUT2D eigenvalue weighted by atomic mass is 16.2. The van der Waals surface area contributed by atoms with Crippen LogP contribution in [0, 0.1) is 0 Å². The van der Waals surface area contributed by atoms with Crippen molar-refractivity contribution in [3.63, 3.8) is 0 Å². The lowest BCUT2D eigenvalue weighted by Gasteiger charge is -2.31. The fraction of sp³-hybridized carbons (Fsp3) is 0.875. The van der Waals surface area contributed by atoms with Gasteiger partial charge in [-0.3, -0.25) is 9.69 Å². The van der Waals surface area contributed by atoms with Crippen LogP contribution in [0.5, 0.6) is 0 Å². The third-order valence-electron chi connectivity index (χ3n) is 2.62. The lowest BCUT2D eigenvalue weighted by Crippen LogP contribution is -2.52. The van der Waals surface area contributed by atoms with Crippen molar-refractivity contribution in [2.24, 2.45) is 0 Å². The minimum atomic E-state index is 0.174. The van der Waals surface area contributed by atoms with Gasteiger partial charge in [-0.1, -0.05) is 0 Å². The molecular weight excluding hydrogens is 154 g/mol. The van der Waals surface area contributed by atoms with Crippen molar-refractivity contribution in [2.45, 2.75) is 12.5 Å². The monoisotopic (exact) mass is 169 g/mol. The first kappa shape index (κ1) is 8.01. The van der Waals surface area contributed by atoms with Crippen LogP contribution < -0.4 is 10.6 Å². The van der Waals surface area contributed by atoms with E-state index in [-0.39, 0.29) is 5.91 Å². The van der Waals surface area contributed by atoms with Crippen molar-refractivity contribution in [3.8, 4) is 0 Å². The van der Waals surface area contributed by atoms with Gasteiger partial charge >= 0.3 is 0 Å². The normalized spacial score (nSPS) is 32.0. The Morgan fingerprint density at radius 1 is 1.42 bits per heavy atom. The number of carbonyl (C=O) groups is 1. The highest BCUT2D eigenvalue weighted by Gasteiger charge is 2.25. The Morgan fingerprint density at radius 3 is 3.00 bits per heavy atom. The van der Waals surface area contributed by atoms with E-state index < -0.39 is 0 Å². The summed E-state index contributed by atoms with van der Waals surface area (Å²) in [5.41, 5.74) is 0. The number of carbonyl (C=O) groups excluding carboxylic acids is 1. The molecule has 12 heavy (non-hydrogen) atoms. The topological polar surface area (TPSA) is 44.4 Å². The molecule has 68 valence electrons. The lowest BCUT2D eigenvalue weighted by atomic mass is 10.2. The van der Waals surface area contributed by atoms with Gasteiger partial charge in [0.2, 0.25) is 5.91 Å². The van der Waals surface area contributed by atoms with Crippen LogP contribution in [0.2, 0.25) is 0 Å². The van der Waals surface area contributed by atoms with Crippen LogP contribution in [0.3, 0.4) is 0 Å². The summed E-state index contributed by atoms with van der Waals surface area (Å²) in [6.45, 7) is 4.57.